The Morgan fingerprint density at radius 2 is 1.95 bits per heavy atom. The van der Waals surface area contributed by atoms with E-state index < -0.39 is 0 Å². The van der Waals surface area contributed by atoms with Crippen LogP contribution in [0.4, 0.5) is 0 Å². The third-order valence-corrected chi connectivity index (χ3v) is 4.52. The lowest BCUT2D eigenvalue weighted by molar-refractivity contribution is 0.249. The highest BCUT2D eigenvalue weighted by Gasteiger charge is 2.22. The number of rotatable bonds is 6. The van der Waals surface area contributed by atoms with Gasteiger partial charge >= 0.3 is 0 Å². The molecule has 0 heterocycles. The van der Waals surface area contributed by atoms with Crippen LogP contribution in [0.2, 0.25) is 5.02 Å². The van der Waals surface area contributed by atoms with Crippen molar-refractivity contribution >= 4 is 11.6 Å². The van der Waals surface area contributed by atoms with Gasteiger partial charge in [-0.3, -0.25) is 0 Å². The molecule has 0 unspecified atom stereocenters. The van der Waals surface area contributed by atoms with Crippen LogP contribution in [0.1, 0.15) is 44.1 Å². The highest BCUT2D eigenvalue weighted by atomic mass is 35.5. The average Bonchev–Trinajstić information content (AvgIpc) is 3.09. The maximum absolute atomic E-state index is 6.31. The Kier molecular flexibility index (Phi) is 4.29. The van der Waals surface area contributed by atoms with Crippen LogP contribution in [0.15, 0.2) is 18.2 Å². The second kappa shape index (κ2) is 6.15. The van der Waals surface area contributed by atoms with Gasteiger partial charge in [0.1, 0.15) is 5.75 Å². The van der Waals surface area contributed by atoms with Crippen molar-refractivity contribution in [3.05, 3.63) is 28.8 Å². The fraction of sp³-hybridized carbons (Fsp3) is 0.625. The van der Waals surface area contributed by atoms with E-state index in [-0.39, 0.29) is 0 Å². The molecule has 3 heteroatoms. The molecule has 2 nitrogen and oxygen atoms in total. The van der Waals surface area contributed by atoms with Gasteiger partial charge in [-0.2, -0.15) is 0 Å². The minimum Gasteiger partial charge on any atom is -0.493 e. The maximum Gasteiger partial charge on any atom is 0.125 e. The fourth-order valence-electron chi connectivity index (χ4n) is 2.76. The normalized spacial score (nSPS) is 19.8. The molecule has 0 spiro atoms. The summed E-state index contributed by atoms with van der Waals surface area (Å²) < 4.78 is 6.03. The first kappa shape index (κ1) is 13.3. The highest BCUT2D eigenvalue weighted by Crippen LogP contribution is 2.30. The summed E-state index contributed by atoms with van der Waals surface area (Å²) in [5.74, 6) is 1.70. The highest BCUT2D eigenvalue weighted by molar-refractivity contribution is 6.31. The molecule has 2 aliphatic rings. The van der Waals surface area contributed by atoms with Gasteiger partial charge in [0, 0.05) is 23.2 Å². The van der Waals surface area contributed by atoms with Crippen LogP contribution in [-0.2, 0) is 6.54 Å². The van der Waals surface area contributed by atoms with Gasteiger partial charge in [0.15, 0.2) is 0 Å². The SMILES string of the molecule is Clc1cccc(OCC2CCCC2)c1CNC1CC1. The molecule has 3 rings (SSSR count). The first-order valence-corrected chi connectivity index (χ1v) is 7.84. The van der Waals surface area contributed by atoms with E-state index >= 15 is 0 Å². The monoisotopic (exact) mass is 279 g/mol. The molecule has 0 aromatic heterocycles. The molecule has 0 radical (unpaired) electrons. The smallest absolute Gasteiger partial charge is 0.125 e. The Balaban J connectivity index is 1.62. The van der Waals surface area contributed by atoms with E-state index in [1.54, 1.807) is 0 Å². The Morgan fingerprint density at radius 3 is 2.68 bits per heavy atom. The summed E-state index contributed by atoms with van der Waals surface area (Å²) >= 11 is 6.31. The molecular formula is C16H22ClNO. The predicted octanol–water partition coefficient (Wildman–Crippen LogP) is 4.16. The lowest BCUT2D eigenvalue weighted by Gasteiger charge is -2.16. The maximum atomic E-state index is 6.31. The zero-order valence-corrected chi connectivity index (χ0v) is 12.1. The van der Waals surface area contributed by atoms with Crippen molar-refractivity contribution in [1.29, 1.82) is 0 Å². The minimum absolute atomic E-state index is 0.693. The van der Waals surface area contributed by atoms with Gasteiger partial charge in [-0.15, -0.1) is 0 Å². The molecule has 1 N–H and O–H groups in total. The summed E-state index contributed by atoms with van der Waals surface area (Å²) in [7, 11) is 0. The molecule has 104 valence electrons. The van der Waals surface area contributed by atoms with Crippen LogP contribution in [0.3, 0.4) is 0 Å². The van der Waals surface area contributed by atoms with Crippen molar-refractivity contribution in [3.8, 4) is 5.75 Å². The summed E-state index contributed by atoms with van der Waals surface area (Å²) in [5, 5.41) is 4.33. The summed E-state index contributed by atoms with van der Waals surface area (Å²) in [5.41, 5.74) is 1.12. The zero-order chi connectivity index (χ0) is 13.1. The second-order valence-corrected chi connectivity index (χ2v) is 6.24. The number of benzene rings is 1. The molecule has 2 saturated carbocycles. The zero-order valence-electron chi connectivity index (χ0n) is 11.3. The summed E-state index contributed by atoms with van der Waals surface area (Å²) in [6.07, 6.45) is 7.94. The van der Waals surface area contributed by atoms with Crippen molar-refractivity contribution in [1.82, 2.24) is 5.32 Å². The molecule has 0 amide bonds. The summed E-state index contributed by atoms with van der Waals surface area (Å²) in [4.78, 5) is 0. The van der Waals surface area contributed by atoms with Crippen LogP contribution in [0.5, 0.6) is 5.75 Å². The molecule has 0 aliphatic heterocycles. The second-order valence-electron chi connectivity index (χ2n) is 5.83. The van der Waals surface area contributed by atoms with Crippen molar-refractivity contribution in [2.24, 2.45) is 5.92 Å². The predicted molar refractivity (Wildman–Crippen MR) is 78.8 cm³/mol. The van der Waals surface area contributed by atoms with E-state index in [2.05, 4.69) is 5.32 Å². The van der Waals surface area contributed by atoms with Gasteiger partial charge < -0.3 is 10.1 Å². The van der Waals surface area contributed by atoms with E-state index in [0.29, 0.717) is 6.04 Å². The minimum atomic E-state index is 0.693. The molecule has 19 heavy (non-hydrogen) atoms. The van der Waals surface area contributed by atoms with E-state index in [9.17, 15) is 0 Å². The van der Waals surface area contributed by atoms with E-state index in [0.717, 1.165) is 35.4 Å². The fourth-order valence-corrected chi connectivity index (χ4v) is 3.00. The number of hydrogen-bond acceptors (Lipinski definition) is 2. The number of hydrogen-bond donors (Lipinski definition) is 1. The van der Waals surface area contributed by atoms with Crippen LogP contribution in [0, 0.1) is 5.92 Å². The number of nitrogens with one attached hydrogen (secondary N) is 1. The summed E-state index contributed by atoms with van der Waals surface area (Å²) in [6, 6.07) is 6.67. The third kappa shape index (κ3) is 3.64. The Hall–Kier alpha value is -0.730. The average molecular weight is 280 g/mol. The first-order chi connectivity index (χ1) is 9.33. The quantitative estimate of drug-likeness (QED) is 0.844. The molecule has 0 saturated heterocycles. The Morgan fingerprint density at radius 1 is 1.16 bits per heavy atom. The van der Waals surface area contributed by atoms with Crippen molar-refractivity contribution < 1.29 is 4.74 Å². The van der Waals surface area contributed by atoms with Crippen LogP contribution in [-0.4, -0.2) is 12.6 Å². The first-order valence-electron chi connectivity index (χ1n) is 7.46. The number of ether oxygens (including phenoxy) is 1. The summed E-state index contributed by atoms with van der Waals surface area (Å²) in [6.45, 7) is 1.67. The molecule has 2 aliphatic carbocycles. The topological polar surface area (TPSA) is 21.3 Å². The van der Waals surface area contributed by atoms with Gasteiger partial charge in [0.25, 0.3) is 0 Å². The van der Waals surface area contributed by atoms with E-state index in [4.69, 9.17) is 16.3 Å². The molecule has 2 fully saturated rings. The molecule has 0 atom stereocenters. The third-order valence-electron chi connectivity index (χ3n) is 4.17. The van der Waals surface area contributed by atoms with Gasteiger partial charge in [-0.05, 0) is 43.7 Å². The lowest BCUT2D eigenvalue weighted by atomic mass is 10.1. The van der Waals surface area contributed by atoms with Crippen LogP contribution >= 0.6 is 11.6 Å². The van der Waals surface area contributed by atoms with Crippen molar-refractivity contribution in [2.45, 2.75) is 51.1 Å². The lowest BCUT2D eigenvalue weighted by Crippen LogP contribution is -2.17. The molecule has 1 aromatic rings. The number of halogens is 1. The molecule has 1 aromatic carbocycles. The van der Waals surface area contributed by atoms with Gasteiger partial charge in [0.2, 0.25) is 0 Å². The van der Waals surface area contributed by atoms with Gasteiger partial charge in [-0.25, -0.2) is 0 Å². The van der Waals surface area contributed by atoms with Crippen LogP contribution in [0.25, 0.3) is 0 Å². The standard InChI is InChI=1S/C16H22ClNO/c17-15-6-3-7-16(14(15)10-18-13-8-9-13)19-11-12-4-1-2-5-12/h3,6-7,12-13,18H,1-2,4-5,8-11H2. The largest absolute Gasteiger partial charge is 0.493 e. The van der Waals surface area contributed by atoms with Crippen LogP contribution < -0.4 is 10.1 Å². The Bertz CT molecular complexity index is 425. The van der Waals surface area contributed by atoms with Crippen molar-refractivity contribution in [3.63, 3.8) is 0 Å². The van der Waals surface area contributed by atoms with Gasteiger partial charge in [-0.1, -0.05) is 30.5 Å². The van der Waals surface area contributed by atoms with E-state index in [1.807, 2.05) is 18.2 Å². The molecular weight excluding hydrogens is 258 g/mol. The van der Waals surface area contributed by atoms with Crippen molar-refractivity contribution in [2.75, 3.05) is 6.61 Å². The Labute approximate surface area is 120 Å². The molecule has 0 bridgehead atoms. The van der Waals surface area contributed by atoms with E-state index in [1.165, 1.54) is 38.5 Å². The van der Waals surface area contributed by atoms with Gasteiger partial charge in [0.05, 0.1) is 6.61 Å².